The van der Waals surface area contributed by atoms with Gasteiger partial charge in [0, 0.05) is 37.0 Å². The highest BCUT2D eigenvalue weighted by molar-refractivity contribution is 5.50. The van der Waals surface area contributed by atoms with E-state index in [9.17, 15) is 5.11 Å². The van der Waals surface area contributed by atoms with Crippen molar-refractivity contribution in [1.29, 1.82) is 0 Å². The fourth-order valence-electron chi connectivity index (χ4n) is 4.82. The highest BCUT2D eigenvalue weighted by Crippen LogP contribution is 2.34. The smallest absolute Gasteiger partial charge is 0.148 e. The molecule has 6 heteroatoms. The van der Waals surface area contributed by atoms with Crippen LogP contribution in [0.4, 0.5) is 5.82 Å². The number of anilines is 1. The van der Waals surface area contributed by atoms with Gasteiger partial charge in [-0.3, -0.25) is 4.90 Å². The van der Waals surface area contributed by atoms with Gasteiger partial charge in [0.2, 0.25) is 0 Å². The second-order valence-corrected chi connectivity index (χ2v) is 8.51. The number of piperidine rings is 1. The van der Waals surface area contributed by atoms with E-state index in [1.54, 1.807) is 0 Å². The van der Waals surface area contributed by atoms with Crippen molar-refractivity contribution >= 4 is 5.82 Å². The van der Waals surface area contributed by atoms with Gasteiger partial charge in [-0.2, -0.15) is 0 Å². The Kier molecular flexibility index (Phi) is 6.54. The van der Waals surface area contributed by atoms with E-state index in [-0.39, 0.29) is 12.6 Å². The molecule has 0 saturated carbocycles. The third-order valence-electron chi connectivity index (χ3n) is 6.38. The van der Waals surface area contributed by atoms with E-state index in [0.717, 1.165) is 61.1 Å². The maximum Gasteiger partial charge on any atom is 0.148 e. The zero-order valence-electron chi connectivity index (χ0n) is 18.5. The summed E-state index contributed by atoms with van der Waals surface area (Å²) < 4.78 is 5.64. The van der Waals surface area contributed by atoms with Crippen LogP contribution in [-0.2, 0) is 19.6 Å². The monoisotopic (exact) mass is 410 g/mol. The molecule has 1 fully saturated rings. The summed E-state index contributed by atoms with van der Waals surface area (Å²) in [6.45, 7) is 7.63. The average molecular weight is 411 g/mol. The highest BCUT2D eigenvalue weighted by atomic mass is 16.5. The number of hydrogen-bond acceptors (Lipinski definition) is 6. The molecule has 0 aliphatic carbocycles. The number of rotatable bonds is 6. The van der Waals surface area contributed by atoms with Crippen LogP contribution in [0.5, 0.6) is 5.75 Å². The van der Waals surface area contributed by atoms with E-state index in [1.807, 2.05) is 13.0 Å². The maximum atomic E-state index is 9.76. The summed E-state index contributed by atoms with van der Waals surface area (Å²) in [7, 11) is 2.14. The van der Waals surface area contributed by atoms with Gasteiger partial charge in [-0.25, -0.2) is 9.97 Å². The topological polar surface area (TPSA) is 61.7 Å². The van der Waals surface area contributed by atoms with Gasteiger partial charge in [0.25, 0.3) is 0 Å². The summed E-state index contributed by atoms with van der Waals surface area (Å²) in [6, 6.07) is 6.41. The van der Waals surface area contributed by atoms with Crippen molar-refractivity contribution in [3.05, 3.63) is 46.4 Å². The fourth-order valence-corrected chi connectivity index (χ4v) is 4.82. The summed E-state index contributed by atoms with van der Waals surface area (Å²) in [5, 5.41) is 9.76. The first kappa shape index (κ1) is 21.1. The Labute approximate surface area is 179 Å². The minimum atomic E-state index is -0.00787. The molecule has 2 aromatic rings. The number of hydrogen-bond donors (Lipinski definition) is 1. The predicted molar refractivity (Wildman–Crippen MR) is 119 cm³/mol. The third kappa shape index (κ3) is 4.30. The number of fused-ring (bicyclic) bond motifs is 1. The molecule has 0 unspecified atom stereocenters. The second-order valence-electron chi connectivity index (χ2n) is 8.51. The number of likely N-dealkylation sites (tertiary alicyclic amines) is 1. The van der Waals surface area contributed by atoms with Gasteiger partial charge in [0.15, 0.2) is 0 Å². The lowest BCUT2D eigenvalue weighted by Gasteiger charge is -2.36. The van der Waals surface area contributed by atoms with Crippen molar-refractivity contribution in [1.82, 2.24) is 14.9 Å². The number of aliphatic hydroxyl groups excluding tert-OH is 1. The molecule has 1 aromatic heterocycles. The first-order chi connectivity index (χ1) is 14.6. The van der Waals surface area contributed by atoms with Gasteiger partial charge in [0.05, 0.1) is 19.3 Å². The van der Waals surface area contributed by atoms with Crippen LogP contribution >= 0.6 is 0 Å². The largest absolute Gasteiger partial charge is 0.494 e. The molecule has 6 nitrogen and oxygen atoms in total. The van der Waals surface area contributed by atoms with Crippen LogP contribution in [0, 0.1) is 6.92 Å². The van der Waals surface area contributed by atoms with Crippen molar-refractivity contribution in [2.24, 2.45) is 0 Å². The number of benzene rings is 1. The summed E-state index contributed by atoms with van der Waals surface area (Å²) in [6.07, 6.45) is 5.75. The van der Waals surface area contributed by atoms with Crippen molar-refractivity contribution < 1.29 is 9.84 Å². The zero-order chi connectivity index (χ0) is 21.1. The Hall–Kier alpha value is -2.18. The summed E-state index contributed by atoms with van der Waals surface area (Å²) in [5.41, 5.74) is 4.50. The Morgan fingerprint density at radius 3 is 2.83 bits per heavy atom. The molecule has 30 heavy (non-hydrogen) atoms. The van der Waals surface area contributed by atoms with E-state index < -0.39 is 0 Å². The van der Waals surface area contributed by atoms with Gasteiger partial charge in [-0.15, -0.1) is 0 Å². The normalized spacial score (nSPS) is 19.6. The molecule has 0 radical (unpaired) electrons. The molecule has 0 amide bonds. The minimum Gasteiger partial charge on any atom is -0.494 e. The van der Waals surface area contributed by atoms with E-state index in [2.05, 4.69) is 35.9 Å². The second kappa shape index (κ2) is 9.31. The van der Waals surface area contributed by atoms with Crippen LogP contribution < -0.4 is 9.64 Å². The number of aliphatic hydroxyl groups is 1. The number of nitrogens with zero attached hydrogens (tertiary/aromatic N) is 4. The Bertz CT molecular complexity index is 886. The predicted octanol–water partition coefficient (Wildman–Crippen LogP) is 3.79. The highest BCUT2D eigenvalue weighted by Gasteiger charge is 2.29. The van der Waals surface area contributed by atoms with E-state index >= 15 is 0 Å². The number of ether oxygens (including phenoxy) is 1. The van der Waals surface area contributed by atoms with Gasteiger partial charge in [-0.05, 0) is 63.8 Å². The van der Waals surface area contributed by atoms with Crippen LogP contribution in [-0.4, -0.2) is 46.7 Å². The fraction of sp³-hybridized carbons (Fsp3) is 0.583. The molecule has 4 rings (SSSR count). The first-order valence-corrected chi connectivity index (χ1v) is 11.3. The number of aromatic nitrogens is 2. The lowest BCUT2D eigenvalue weighted by Crippen LogP contribution is -2.35. The van der Waals surface area contributed by atoms with Crippen molar-refractivity contribution in [2.75, 3.05) is 31.6 Å². The van der Waals surface area contributed by atoms with Crippen LogP contribution in [0.1, 0.15) is 66.9 Å². The molecule has 162 valence electrons. The average Bonchev–Trinajstić information content (AvgIpc) is 2.76. The quantitative estimate of drug-likeness (QED) is 0.782. The van der Waals surface area contributed by atoms with Crippen LogP contribution in [0.3, 0.4) is 0 Å². The molecule has 2 aliphatic heterocycles. The molecule has 1 aromatic carbocycles. The van der Waals surface area contributed by atoms with E-state index in [0.29, 0.717) is 6.61 Å². The Morgan fingerprint density at radius 2 is 2.03 bits per heavy atom. The van der Waals surface area contributed by atoms with Crippen LogP contribution in [0.15, 0.2) is 18.2 Å². The van der Waals surface area contributed by atoms with Crippen molar-refractivity contribution in [3.8, 4) is 5.75 Å². The molecular formula is C24H34N4O2. The third-order valence-corrected chi connectivity index (χ3v) is 6.38. The van der Waals surface area contributed by atoms with E-state index in [1.165, 1.54) is 30.4 Å². The lowest BCUT2D eigenvalue weighted by atomic mass is 9.98. The van der Waals surface area contributed by atoms with E-state index in [4.69, 9.17) is 14.7 Å². The van der Waals surface area contributed by atoms with Gasteiger partial charge < -0.3 is 14.7 Å². The molecular weight excluding hydrogens is 376 g/mol. The lowest BCUT2D eigenvalue weighted by molar-refractivity contribution is 0.133. The number of aryl methyl sites for hydroxylation is 1. The summed E-state index contributed by atoms with van der Waals surface area (Å²) in [4.78, 5) is 14.8. The van der Waals surface area contributed by atoms with Crippen molar-refractivity contribution in [2.45, 2.75) is 65.1 Å². The van der Waals surface area contributed by atoms with Gasteiger partial charge in [-0.1, -0.05) is 12.5 Å². The van der Waals surface area contributed by atoms with Crippen LogP contribution in [0.2, 0.25) is 0 Å². The molecule has 0 bridgehead atoms. The molecule has 1 saturated heterocycles. The summed E-state index contributed by atoms with van der Waals surface area (Å²) in [5.74, 6) is 2.86. The minimum absolute atomic E-state index is 0.00787. The molecule has 0 spiro atoms. The van der Waals surface area contributed by atoms with Crippen LogP contribution in [0.25, 0.3) is 0 Å². The molecule has 2 aliphatic rings. The molecule has 3 heterocycles. The first-order valence-electron chi connectivity index (χ1n) is 11.3. The Balaban J connectivity index is 1.60. The maximum absolute atomic E-state index is 9.76. The standard InChI is InChI=1S/C24H34N4O2/c1-4-30-22-11-10-18(14-19(22)16-29)15-28-13-6-5-9-21(28)23-25-17(2)20-8-7-12-27(3)24(20)26-23/h10-11,14,21,29H,4-9,12-13,15-16H2,1-3H3/t21-/m1/s1. The summed E-state index contributed by atoms with van der Waals surface area (Å²) >= 11 is 0. The molecule has 1 atom stereocenters. The van der Waals surface area contributed by atoms with Gasteiger partial charge >= 0.3 is 0 Å². The van der Waals surface area contributed by atoms with Crippen molar-refractivity contribution in [3.63, 3.8) is 0 Å². The zero-order valence-corrected chi connectivity index (χ0v) is 18.5. The SMILES string of the molecule is CCOc1ccc(CN2CCCC[C@@H]2c2nc(C)c3c(n2)N(C)CCC3)cc1CO. The Morgan fingerprint density at radius 1 is 1.17 bits per heavy atom. The van der Waals surface area contributed by atoms with Gasteiger partial charge in [0.1, 0.15) is 17.4 Å². The molecule has 1 N–H and O–H groups in total.